The van der Waals surface area contributed by atoms with E-state index in [0.717, 1.165) is 60.2 Å². The molecule has 0 radical (unpaired) electrons. The van der Waals surface area contributed by atoms with Crippen LogP contribution < -0.4 is 5.14 Å². The Morgan fingerprint density at radius 3 is 2.54 bits per heavy atom. The van der Waals surface area contributed by atoms with Gasteiger partial charge in [-0.15, -0.1) is 11.3 Å². The predicted octanol–water partition coefficient (Wildman–Crippen LogP) is 5.72. The maximum absolute atomic E-state index is 15.0. The number of aromatic nitrogens is 3. The lowest BCUT2D eigenvalue weighted by Crippen LogP contribution is -2.28. The van der Waals surface area contributed by atoms with Gasteiger partial charge in [0.1, 0.15) is 11.6 Å². The van der Waals surface area contributed by atoms with Gasteiger partial charge in [0.15, 0.2) is 5.69 Å². The maximum Gasteiger partial charge on any atom is 0.355 e. The first kappa shape index (κ1) is 27.6. The van der Waals surface area contributed by atoms with Gasteiger partial charge in [0.05, 0.1) is 21.8 Å². The molecule has 2 aromatic carbocycles. The largest absolute Gasteiger partial charge is 0.476 e. The van der Waals surface area contributed by atoms with E-state index in [1.165, 1.54) is 23.6 Å². The Morgan fingerprint density at radius 2 is 1.88 bits per heavy atom. The minimum atomic E-state index is -1.14. The Kier molecular flexibility index (Phi) is 7.62. The highest BCUT2D eigenvalue weighted by Crippen LogP contribution is 2.38. The fourth-order valence-electron chi connectivity index (χ4n) is 5.21. The molecule has 0 atom stereocenters. The molecule has 4 aromatic rings. The third-order valence-corrected chi connectivity index (χ3v) is 8.93. The number of likely N-dealkylation sites (tertiary alicyclic amines) is 1. The third-order valence-electron chi connectivity index (χ3n) is 7.53. The zero-order valence-corrected chi connectivity index (χ0v) is 23.6. The molecule has 2 aromatic heterocycles. The van der Waals surface area contributed by atoms with Crippen molar-refractivity contribution < 1.29 is 23.5 Å². The minimum absolute atomic E-state index is 0.0218. The molecule has 6 rings (SSSR count). The van der Waals surface area contributed by atoms with Crippen LogP contribution in [0.4, 0.5) is 8.78 Å². The van der Waals surface area contributed by atoms with E-state index in [1.54, 1.807) is 27.8 Å². The van der Waals surface area contributed by atoms with Gasteiger partial charge in [-0.2, -0.15) is 5.10 Å². The lowest BCUT2D eigenvalue weighted by molar-refractivity contribution is 0.0690. The molecule has 1 saturated heterocycles. The van der Waals surface area contributed by atoms with Gasteiger partial charge in [0.25, 0.3) is 5.91 Å². The topological polar surface area (TPSA) is 114 Å². The number of carbonyl (C=O) groups is 2. The number of carboxylic acids is 1. The molecule has 1 aliphatic carbocycles. The summed E-state index contributed by atoms with van der Waals surface area (Å²) in [5.74, 6) is -2.10. The van der Waals surface area contributed by atoms with Crippen LogP contribution in [0.15, 0.2) is 46.7 Å². The molecule has 1 saturated carbocycles. The molecule has 0 bridgehead atoms. The van der Waals surface area contributed by atoms with Gasteiger partial charge in [-0.05, 0) is 85.9 Å². The molecule has 1 aliphatic heterocycles. The van der Waals surface area contributed by atoms with Crippen LogP contribution in [-0.2, 0) is 12.8 Å². The van der Waals surface area contributed by atoms with Gasteiger partial charge >= 0.3 is 5.97 Å². The summed E-state index contributed by atoms with van der Waals surface area (Å²) in [6, 6.07) is 9.28. The smallest absolute Gasteiger partial charge is 0.355 e. The molecule has 0 spiro atoms. The Balaban J connectivity index is 1.51. The van der Waals surface area contributed by atoms with E-state index in [1.807, 2.05) is 0 Å². The summed E-state index contributed by atoms with van der Waals surface area (Å²) in [6.07, 6.45) is 4.87. The van der Waals surface area contributed by atoms with E-state index in [2.05, 4.69) is 4.98 Å². The second-order valence-electron chi connectivity index (χ2n) is 10.4. The Labute approximate surface area is 243 Å². The van der Waals surface area contributed by atoms with E-state index in [9.17, 15) is 23.5 Å². The van der Waals surface area contributed by atoms with Crippen molar-refractivity contribution in [1.82, 2.24) is 19.7 Å². The zero-order valence-electron chi connectivity index (χ0n) is 22.0. The van der Waals surface area contributed by atoms with Gasteiger partial charge in [-0.25, -0.2) is 23.2 Å². The summed E-state index contributed by atoms with van der Waals surface area (Å²) in [4.78, 5) is 31.0. The summed E-state index contributed by atoms with van der Waals surface area (Å²) in [6.45, 7) is 1.18. The summed E-state index contributed by atoms with van der Waals surface area (Å²) >= 11 is 2.00. The Hall–Kier alpha value is -3.61. The number of carboxylic acid groups (broad SMARTS) is 1. The summed E-state index contributed by atoms with van der Waals surface area (Å²) in [7, 11) is 0. The van der Waals surface area contributed by atoms with Crippen molar-refractivity contribution in [2.45, 2.75) is 43.4 Å². The number of rotatable bonds is 9. The van der Waals surface area contributed by atoms with E-state index in [4.69, 9.17) is 10.2 Å². The van der Waals surface area contributed by atoms with Gasteiger partial charge in [-0.3, -0.25) is 9.93 Å². The predicted molar refractivity (Wildman–Crippen MR) is 152 cm³/mol. The van der Waals surface area contributed by atoms with Crippen molar-refractivity contribution in [3.05, 3.63) is 81.5 Å². The van der Waals surface area contributed by atoms with Gasteiger partial charge in [0.2, 0.25) is 5.13 Å². The maximum atomic E-state index is 15.0. The highest BCUT2D eigenvalue weighted by atomic mass is 32.2. The van der Waals surface area contributed by atoms with Gasteiger partial charge in [-0.1, -0.05) is 6.07 Å². The monoisotopic (exact) mass is 595 g/mol. The van der Waals surface area contributed by atoms with Crippen molar-refractivity contribution in [3.8, 4) is 16.4 Å². The average molecular weight is 596 g/mol. The van der Waals surface area contributed by atoms with Crippen molar-refractivity contribution in [2.24, 2.45) is 11.1 Å². The number of nitrogens with two attached hydrogens (primary N) is 1. The number of aromatic carboxylic acids is 1. The standard InChI is InChI=1S/C29H27F2N5O3S2/c30-21-7-6-18(14-19(21)27(37)35-9-1-2-10-35)26-20(11-17-5-8-25(41-32)22(31)12-17)24(13-16-3-4-16)36(34-26)29-33-23(15-40-29)28(38)39/h5-8,12,14-16H,1-4,9-11,13,32H2,(H,38,39). The van der Waals surface area contributed by atoms with Crippen LogP contribution in [-0.4, -0.2) is 49.7 Å². The number of benzene rings is 2. The molecule has 41 heavy (non-hydrogen) atoms. The van der Waals surface area contributed by atoms with Gasteiger partial charge < -0.3 is 10.0 Å². The fourth-order valence-corrected chi connectivity index (χ4v) is 6.30. The van der Waals surface area contributed by atoms with E-state index < -0.39 is 17.6 Å². The summed E-state index contributed by atoms with van der Waals surface area (Å²) in [5, 5.41) is 21.8. The number of thiazole rings is 1. The minimum Gasteiger partial charge on any atom is -0.476 e. The van der Waals surface area contributed by atoms with E-state index in [0.29, 0.717) is 58.7 Å². The summed E-state index contributed by atoms with van der Waals surface area (Å²) in [5.41, 5.74) is 3.28. The Bertz CT molecular complexity index is 1640. The van der Waals surface area contributed by atoms with E-state index >= 15 is 0 Å². The van der Waals surface area contributed by atoms with Crippen molar-refractivity contribution in [1.29, 1.82) is 0 Å². The molecule has 3 N–H and O–H groups in total. The van der Waals surface area contributed by atoms with Crippen molar-refractivity contribution in [3.63, 3.8) is 0 Å². The van der Waals surface area contributed by atoms with Crippen LogP contribution in [0, 0.1) is 17.6 Å². The van der Waals surface area contributed by atoms with Crippen LogP contribution >= 0.6 is 23.3 Å². The van der Waals surface area contributed by atoms with Crippen LogP contribution in [0.2, 0.25) is 0 Å². The average Bonchev–Trinajstić information content (AvgIpc) is 3.33. The second kappa shape index (κ2) is 11.3. The first-order valence-electron chi connectivity index (χ1n) is 13.4. The molecule has 12 heteroatoms. The van der Waals surface area contributed by atoms with Crippen LogP contribution in [0.25, 0.3) is 16.4 Å². The van der Waals surface area contributed by atoms with E-state index in [-0.39, 0.29) is 17.2 Å². The van der Waals surface area contributed by atoms with Crippen LogP contribution in [0.3, 0.4) is 0 Å². The molecular weight excluding hydrogens is 568 g/mol. The third kappa shape index (κ3) is 5.64. The first-order valence-corrected chi connectivity index (χ1v) is 15.1. The van der Waals surface area contributed by atoms with Crippen molar-refractivity contribution >= 4 is 35.2 Å². The molecular formula is C29H27F2N5O3S2. The lowest BCUT2D eigenvalue weighted by atomic mass is 9.96. The Morgan fingerprint density at radius 1 is 1.10 bits per heavy atom. The molecule has 212 valence electrons. The number of hydrogen-bond acceptors (Lipinski definition) is 7. The number of amides is 1. The zero-order chi connectivity index (χ0) is 28.7. The second-order valence-corrected chi connectivity index (χ2v) is 11.9. The first-order chi connectivity index (χ1) is 19.8. The molecule has 3 heterocycles. The van der Waals surface area contributed by atoms with Crippen LogP contribution in [0.1, 0.15) is 63.4 Å². The number of carbonyl (C=O) groups excluding carboxylic acids is 1. The fraction of sp³-hybridized carbons (Fsp3) is 0.310. The molecule has 0 unspecified atom stereocenters. The molecule has 1 amide bonds. The quantitative estimate of drug-likeness (QED) is 0.238. The number of halogens is 2. The summed E-state index contributed by atoms with van der Waals surface area (Å²) < 4.78 is 31.3. The van der Waals surface area contributed by atoms with Crippen molar-refractivity contribution in [2.75, 3.05) is 13.1 Å². The highest BCUT2D eigenvalue weighted by Gasteiger charge is 2.30. The van der Waals surface area contributed by atoms with Gasteiger partial charge in [0, 0.05) is 36.0 Å². The number of nitrogens with zero attached hydrogens (tertiary/aromatic N) is 4. The normalized spacial score (nSPS) is 15.0. The molecule has 8 nitrogen and oxygen atoms in total. The number of hydrogen-bond donors (Lipinski definition) is 2. The highest BCUT2D eigenvalue weighted by molar-refractivity contribution is 7.97. The molecule has 2 fully saturated rings. The molecule has 2 aliphatic rings. The SMILES string of the molecule is NSc1ccc(Cc2c(-c3ccc(F)c(C(=O)N4CCCC4)c3)nn(-c3nc(C(=O)O)cs3)c2CC2CC2)cc1F. The lowest BCUT2D eigenvalue weighted by Gasteiger charge is -2.16. The van der Waals surface area contributed by atoms with Crippen LogP contribution in [0.5, 0.6) is 0 Å².